The molecular formula is C17H19N5O3. The van der Waals surface area contributed by atoms with E-state index in [4.69, 9.17) is 4.74 Å². The SMILES string of the molecule is CC(=O)Nc1cc(C(=O)N2CCO[C@H](c3nccc(C)n3)C2)ccn1. The van der Waals surface area contributed by atoms with Gasteiger partial charge in [-0.15, -0.1) is 0 Å². The Morgan fingerprint density at radius 2 is 2.08 bits per heavy atom. The zero-order valence-electron chi connectivity index (χ0n) is 14.1. The summed E-state index contributed by atoms with van der Waals surface area (Å²) in [6.45, 7) is 4.55. The molecule has 3 rings (SSSR count). The average Bonchev–Trinajstić information content (AvgIpc) is 2.61. The van der Waals surface area contributed by atoms with Crippen LogP contribution in [-0.2, 0) is 9.53 Å². The molecular weight excluding hydrogens is 322 g/mol. The van der Waals surface area contributed by atoms with Gasteiger partial charge in [0.25, 0.3) is 5.91 Å². The minimum atomic E-state index is -0.353. The first kappa shape index (κ1) is 17.0. The van der Waals surface area contributed by atoms with Gasteiger partial charge in [0.05, 0.1) is 13.2 Å². The molecule has 8 heteroatoms. The van der Waals surface area contributed by atoms with E-state index in [0.29, 0.717) is 36.9 Å². The number of aryl methyl sites for hydroxylation is 1. The van der Waals surface area contributed by atoms with Gasteiger partial charge >= 0.3 is 0 Å². The maximum Gasteiger partial charge on any atom is 0.254 e. The summed E-state index contributed by atoms with van der Waals surface area (Å²) in [7, 11) is 0. The molecule has 1 atom stereocenters. The van der Waals surface area contributed by atoms with Crippen LogP contribution in [0, 0.1) is 6.92 Å². The summed E-state index contributed by atoms with van der Waals surface area (Å²) in [6.07, 6.45) is 2.83. The van der Waals surface area contributed by atoms with Crippen molar-refractivity contribution in [1.82, 2.24) is 19.9 Å². The van der Waals surface area contributed by atoms with Crippen molar-refractivity contribution in [2.75, 3.05) is 25.0 Å². The fraction of sp³-hybridized carbons (Fsp3) is 0.353. The second-order valence-electron chi connectivity index (χ2n) is 5.78. The second kappa shape index (κ2) is 7.35. The molecule has 0 aliphatic carbocycles. The number of carbonyl (C=O) groups excluding carboxylic acids is 2. The molecule has 0 unspecified atom stereocenters. The fourth-order valence-electron chi connectivity index (χ4n) is 2.61. The van der Waals surface area contributed by atoms with E-state index in [0.717, 1.165) is 5.69 Å². The van der Waals surface area contributed by atoms with E-state index in [-0.39, 0.29) is 17.9 Å². The standard InChI is InChI=1S/C17H19N5O3/c1-11-3-5-19-16(20-11)14-10-22(7-8-25-14)17(24)13-4-6-18-15(9-13)21-12(2)23/h3-6,9,14H,7-8,10H2,1-2H3,(H,18,21,23)/t14-/m0/s1. The summed E-state index contributed by atoms with van der Waals surface area (Å²) < 4.78 is 5.72. The third-order valence-electron chi connectivity index (χ3n) is 3.77. The van der Waals surface area contributed by atoms with Crippen LogP contribution in [0.25, 0.3) is 0 Å². The zero-order chi connectivity index (χ0) is 17.8. The van der Waals surface area contributed by atoms with Crippen LogP contribution in [0.15, 0.2) is 30.6 Å². The molecule has 2 amide bonds. The van der Waals surface area contributed by atoms with Crippen molar-refractivity contribution >= 4 is 17.6 Å². The van der Waals surface area contributed by atoms with Gasteiger partial charge in [0.1, 0.15) is 11.9 Å². The van der Waals surface area contributed by atoms with Crippen LogP contribution < -0.4 is 5.32 Å². The molecule has 1 fully saturated rings. The number of carbonyl (C=O) groups is 2. The first-order valence-corrected chi connectivity index (χ1v) is 7.97. The van der Waals surface area contributed by atoms with E-state index in [1.165, 1.54) is 13.1 Å². The molecule has 0 aromatic carbocycles. The third-order valence-corrected chi connectivity index (χ3v) is 3.77. The smallest absolute Gasteiger partial charge is 0.254 e. The van der Waals surface area contributed by atoms with Crippen molar-refractivity contribution in [2.45, 2.75) is 20.0 Å². The summed E-state index contributed by atoms with van der Waals surface area (Å²) in [5, 5.41) is 2.58. The molecule has 0 spiro atoms. The van der Waals surface area contributed by atoms with E-state index >= 15 is 0 Å². The number of rotatable bonds is 3. The van der Waals surface area contributed by atoms with Gasteiger partial charge in [-0.25, -0.2) is 15.0 Å². The van der Waals surface area contributed by atoms with Crippen LogP contribution in [0.3, 0.4) is 0 Å². The lowest BCUT2D eigenvalue weighted by molar-refractivity contribution is -0.114. The van der Waals surface area contributed by atoms with Crippen LogP contribution in [0.5, 0.6) is 0 Å². The Hall–Kier alpha value is -2.87. The van der Waals surface area contributed by atoms with Crippen LogP contribution in [0.2, 0.25) is 0 Å². The largest absolute Gasteiger partial charge is 0.367 e. The van der Waals surface area contributed by atoms with Crippen LogP contribution >= 0.6 is 0 Å². The quantitative estimate of drug-likeness (QED) is 0.905. The fourth-order valence-corrected chi connectivity index (χ4v) is 2.61. The van der Waals surface area contributed by atoms with Gasteiger partial charge in [-0.1, -0.05) is 0 Å². The van der Waals surface area contributed by atoms with Crippen molar-refractivity contribution in [3.8, 4) is 0 Å². The van der Waals surface area contributed by atoms with Gasteiger partial charge < -0.3 is 15.0 Å². The molecule has 1 saturated heterocycles. The summed E-state index contributed by atoms with van der Waals surface area (Å²) in [4.78, 5) is 38.3. The molecule has 0 bridgehead atoms. The lowest BCUT2D eigenvalue weighted by Crippen LogP contribution is -2.42. The van der Waals surface area contributed by atoms with Gasteiger partial charge in [-0.05, 0) is 25.1 Å². The molecule has 1 aliphatic rings. The van der Waals surface area contributed by atoms with Crippen molar-refractivity contribution in [1.29, 1.82) is 0 Å². The Bertz CT molecular complexity index is 795. The summed E-state index contributed by atoms with van der Waals surface area (Å²) in [6, 6.07) is 5.01. The predicted molar refractivity (Wildman–Crippen MR) is 89.9 cm³/mol. The third kappa shape index (κ3) is 4.16. The highest BCUT2D eigenvalue weighted by Gasteiger charge is 2.28. The highest BCUT2D eigenvalue weighted by molar-refractivity contribution is 5.96. The molecule has 3 heterocycles. The molecule has 0 saturated carbocycles. The normalized spacial score (nSPS) is 17.2. The summed E-state index contributed by atoms with van der Waals surface area (Å²) in [5.74, 6) is 0.548. The monoisotopic (exact) mass is 341 g/mol. The number of nitrogens with one attached hydrogen (secondary N) is 1. The maximum absolute atomic E-state index is 12.8. The van der Waals surface area contributed by atoms with E-state index in [2.05, 4.69) is 20.3 Å². The Labute approximate surface area is 145 Å². The van der Waals surface area contributed by atoms with E-state index < -0.39 is 0 Å². The van der Waals surface area contributed by atoms with E-state index in [9.17, 15) is 9.59 Å². The molecule has 25 heavy (non-hydrogen) atoms. The summed E-state index contributed by atoms with van der Waals surface area (Å²) >= 11 is 0. The first-order valence-electron chi connectivity index (χ1n) is 7.97. The number of amides is 2. The van der Waals surface area contributed by atoms with Gasteiger partial charge in [0, 0.05) is 37.1 Å². The van der Waals surface area contributed by atoms with Crippen molar-refractivity contribution in [3.63, 3.8) is 0 Å². The minimum Gasteiger partial charge on any atom is -0.367 e. The molecule has 130 valence electrons. The second-order valence-corrected chi connectivity index (χ2v) is 5.78. The van der Waals surface area contributed by atoms with E-state index in [1.54, 1.807) is 23.2 Å². The number of pyridine rings is 1. The number of hydrogen-bond acceptors (Lipinski definition) is 6. The number of anilines is 1. The van der Waals surface area contributed by atoms with Crippen molar-refractivity contribution in [3.05, 3.63) is 47.7 Å². The topological polar surface area (TPSA) is 97.3 Å². The maximum atomic E-state index is 12.8. The average molecular weight is 341 g/mol. The molecule has 0 radical (unpaired) electrons. The van der Waals surface area contributed by atoms with Gasteiger partial charge in [0.15, 0.2) is 5.82 Å². The lowest BCUT2D eigenvalue weighted by atomic mass is 10.2. The predicted octanol–water partition coefficient (Wildman–Crippen LogP) is 1.35. The molecule has 1 N–H and O–H groups in total. The van der Waals surface area contributed by atoms with Gasteiger partial charge in [0.2, 0.25) is 5.91 Å². The lowest BCUT2D eigenvalue weighted by Gasteiger charge is -2.32. The minimum absolute atomic E-state index is 0.144. The Kier molecular flexibility index (Phi) is 4.99. The molecule has 1 aliphatic heterocycles. The number of ether oxygens (including phenoxy) is 1. The molecule has 8 nitrogen and oxygen atoms in total. The number of morpholine rings is 1. The van der Waals surface area contributed by atoms with Crippen LogP contribution in [-0.4, -0.2) is 51.4 Å². The van der Waals surface area contributed by atoms with Crippen molar-refractivity contribution in [2.24, 2.45) is 0 Å². The number of hydrogen-bond donors (Lipinski definition) is 1. The van der Waals surface area contributed by atoms with E-state index in [1.807, 2.05) is 13.0 Å². The molecule has 2 aromatic rings. The van der Waals surface area contributed by atoms with Crippen LogP contribution in [0.4, 0.5) is 5.82 Å². The highest BCUT2D eigenvalue weighted by Crippen LogP contribution is 2.21. The zero-order valence-corrected chi connectivity index (χ0v) is 14.1. The number of nitrogens with zero attached hydrogens (tertiary/aromatic N) is 4. The van der Waals surface area contributed by atoms with Gasteiger partial charge in [-0.3, -0.25) is 9.59 Å². The van der Waals surface area contributed by atoms with Crippen molar-refractivity contribution < 1.29 is 14.3 Å². The van der Waals surface area contributed by atoms with Gasteiger partial charge in [-0.2, -0.15) is 0 Å². The molecule has 2 aromatic heterocycles. The number of aromatic nitrogens is 3. The first-order chi connectivity index (χ1) is 12.0. The Morgan fingerprint density at radius 3 is 2.84 bits per heavy atom. The Morgan fingerprint density at radius 1 is 1.28 bits per heavy atom. The Balaban J connectivity index is 1.75. The highest BCUT2D eigenvalue weighted by atomic mass is 16.5. The summed E-state index contributed by atoms with van der Waals surface area (Å²) in [5.41, 5.74) is 1.32. The van der Waals surface area contributed by atoms with Crippen LogP contribution in [0.1, 0.15) is 34.9 Å².